The lowest BCUT2D eigenvalue weighted by atomic mass is 9.78. The highest BCUT2D eigenvalue weighted by Crippen LogP contribution is 2.56. The molecular formula is C54H47N. The molecule has 0 saturated heterocycles. The molecule has 1 heteroatoms. The normalized spacial score (nSPS) is 14.7. The number of benzene rings is 8. The third kappa shape index (κ3) is 4.92. The van der Waals surface area contributed by atoms with Gasteiger partial charge in [-0.1, -0.05) is 176 Å². The second-order valence-corrected chi connectivity index (χ2v) is 17.8. The van der Waals surface area contributed by atoms with Gasteiger partial charge in [0.25, 0.3) is 0 Å². The zero-order valence-electron chi connectivity index (χ0n) is 33.0. The molecule has 0 heterocycles. The van der Waals surface area contributed by atoms with E-state index in [9.17, 15) is 0 Å². The largest absolute Gasteiger partial charge is 0.310 e. The number of hydrogen-bond acceptors (Lipinski definition) is 1. The first-order valence-corrected chi connectivity index (χ1v) is 19.8. The van der Waals surface area contributed by atoms with Crippen molar-refractivity contribution in [3.8, 4) is 33.4 Å². The Hall–Kier alpha value is -5.92. The van der Waals surface area contributed by atoms with Crippen LogP contribution in [0.3, 0.4) is 0 Å². The number of rotatable bonds is 4. The van der Waals surface area contributed by atoms with Gasteiger partial charge in [0.1, 0.15) is 0 Å². The van der Waals surface area contributed by atoms with Crippen LogP contribution in [0.2, 0.25) is 0 Å². The number of anilines is 3. The van der Waals surface area contributed by atoms with Gasteiger partial charge in [0.15, 0.2) is 0 Å². The van der Waals surface area contributed by atoms with Crippen molar-refractivity contribution in [3.63, 3.8) is 0 Å². The van der Waals surface area contributed by atoms with Gasteiger partial charge >= 0.3 is 0 Å². The SMILES string of the molecule is CC(C)(C)c1ccc(N(c2ccc3c(c2)-c2ccc4ccccc4c2C3(C)C)c2ccc3ccccc3c2-c2cccc3c2C(C)(C)c2ccccc2-3)cc1. The highest BCUT2D eigenvalue weighted by Gasteiger charge is 2.40. The van der Waals surface area contributed by atoms with Crippen molar-refractivity contribution in [2.75, 3.05) is 4.90 Å². The zero-order valence-corrected chi connectivity index (χ0v) is 33.0. The minimum Gasteiger partial charge on any atom is -0.310 e. The van der Waals surface area contributed by atoms with E-state index in [4.69, 9.17) is 0 Å². The molecule has 1 nitrogen and oxygen atoms in total. The third-order valence-electron chi connectivity index (χ3n) is 12.8. The van der Waals surface area contributed by atoms with E-state index in [0.717, 1.165) is 11.4 Å². The molecule has 0 fully saturated rings. The van der Waals surface area contributed by atoms with Crippen LogP contribution in [0.4, 0.5) is 17.1 Å². The Kier molecular flexibility index (Phi) is 7.21. The molecule has 0 aliphatic heterocycles. The number of hydrogen-bond donors (Lipinski definition) is 0. The van der Waals surface area contributed by atoms with Crippen molar-refractivity contribution in [1.82, 2.24) is 0 Å². The average Bonchev–Trinajstić information content (AvgIpc) is 3.57. The summed E-state index contributed by atoms with van der Waals surface area (Å²) in [6.45, 7) is 16.5. The van der Waals surface area contributed by atoms with Crippen LogP contribution in [-0.2, 0) is 16.2 Å². The topological polar surface area (TPSA) is 3.24 Å². The van der Waals surface area contributed by atoms with Gasteiger partial charge in [-0.15, -0.1) is 0 Å². The van der Waals surface area contributed by atoms with E-state index in [1.54, 1.807) is 0 Å². The first-order valence-electron chi connectivity index (χ1n) is 19.8. The Morgan fingerprint density at radius 3 is 1.75 bits per heavy atom. The molecule has 0 aromatic heterocycles. The third-order valence-corrected chi connectivity index (χ3v) is 12.8. The predicted molar refractivity (Wildman–Crippen MR) is 235 cm³/mol. The highest BCUT2D eigenvalue weighted by atomic mass is 15.1. The Labute approximate surface area is 325 Å². The molecule has 8 aromatic rings. The fourth-order valence-electron chi connectivity index (χ4n) is 10.1. The van der Waals surface area contributed by atoms with Crippen LogP contribution in [0, 0.1) is 0 Å². The van der Waals surface area contributed by atoms with E-state index >= 15 is 0 Å². The van der Waals surface area contributed by atoms with Gasteiger partial charge in [-0.05, 0) is 113 Å². The summed E-state index contributed by atoms with van der Waals surface area (Å²) >= 11 is 0. The van der Waals surface area contributed by atoms with E-state index in [2.05, 4.69) is 211 Å². The lowest BCUT2D eigenvalue weighted by molar-refractivity contribution is 0.590. The summed E-state index contributed by atoms with van der Waals surface area (Å²) in [5.74, 6) is 0. The van der Waals surface area contributed by atoms with Gasteiger partial charge in [0.05, 0.1) is 5.69 Å². The van der Waals surface area contributed by atoms with Gasteiger partial charge in [-0.2, -0.15) is 0 Å². The Morgan fingerprint density at radius 1 is 0.418 bits per heavy atom. The Morgan fingerprint density at radius 2 is 0.982 bits per heavy atom. The summed E-state index contributed by atoms with van der Waals surface area (Å²) in [6.07, 6.45) is 0. The van der Waals surface area contributed by atoms with Crippen molar-refractivity contribution in [3.05, 3.63) is 186 Å². The maximum absolute atomic E-state index is 2.52. The van der Waals surface area contributed by atoms with Crippen LogP contribution in [0.25, 0.3) is 54.9 Å². The molecule has 0 bridgehead atoms. The van der Waals surface area contributed by atoms with E-state index in [0.29, 0.717) is 0 Å². The molecule has 0 amide bonds. The van der Waals surface area contributed by atoms with Crippen molar-refractivity contribution < 1.29 is 0 Å². The molecule has 0 N–H and O–H groups in total. The van der Waals surface area contributed by atoms with Gasteiger partial charge in [0.2, 0.25) is 0 Å². The van der Waals surface area contributed by atoms with Crippen molar-refractivity contribution >= 4 is 38.6 Å². The van der Waals surface area contributed by atoms with Crippen molar-refractivity contribution in [1.29, 1.82) is 0 Å². The van der Waals surface area contributed by atoms with Gasteiger partial charge < -0.3 is 4.90 Å². The van der Waals surface area contributed by atoms with Gasteiger partial charge in [-0.25, -0.2) is 0 Å². The molecule has 0 atom stereocenters. The molecule has 2 aliphatic rings. The minimum absolute atomic E-state index is 0.0499. The average molecular weight is 710 g/mol. The molecule has 0 saturated carbocycles. The predicted octanol–water partition coefficient (Wildman–Crippen LogP) is 15.0. The summed E-state index contributed by atoms with van der Waals surface area (Å²) < 4.78 is 0. The number of fused-ring (bicyclic) bond motifs is 9. The molecule has 0 spiro atoms. The Balaban J connectivity index is 1.26. The van der Waals surface area contributed by atoms with Gasteiger partial charge in [0, 0.05) is 27.8 Å². The highest BCUT2D eigenvalue weighted by molar-refractivity contribution is 6.08. The Bertz CT molecular complexity index is 2840. The van der Waals surface area contributed by atoms with Crippen molar-refractivity contribution in [2.45, 2.75) is 64.7 Å². The maximum atomic E-state index is 2.52. The summed E-state index contributed by atoms with van der Waals surface area (Å²) in [7, 11) is 0. The quantitative estimate of drug-likeness (QED) is 0.176. The molecule has 55 heavy (non-hydrogen) atoms. The van der Waals surface area contributed by atoms with Crippen LogP contribution in [-0.4, -0.2) is 0 Å². The van der Waals surface area contributed by atoms with Crippen LogP contribution < -0.4 is 4.90 Å². The first kappa shape index (κ1) is 33.6. The fraction of sp³-hybridized carbons (Fsp3) is 0.185. The fourth-order valence-corrected chi connectivity index (χ4v) is 10.1. The smallest absolute Gasteiger partial charge is 0.0546 e. The van der Waals surface area contributed by atoms with Gasteiger partial charge in [-0.3, -0.25) is 0 Å². The maximum Gasteiger partial charge on any atom is 0.0546 e. The molecular weight excluding hydrogens is 663 g/mol. The first-order chi connectivity index (χ1) is 26.4. The second kappa shape index (κ2) is 11.8. The van der Waals surface area contributed by atoms with E-state index in [1.807, 2.05) is 0 Å². The molecule has 0 unspecified atom stereocenters. The molecule has 2 aliphatic carbocycles. The van der Waals surface area contributed by atoms with Crippen LogP contribution >= 0.6 is 0 Å². The van der Waals surface area contributed by atoms with E-state index < -0.39 is 0 Å². The molecule has 268 valence electrons. The second-order valence-electron chi connectivity index (χ2n) is 17.8. The summed E-state index contributed by atoms with van der Waals surface area (Å²) in [5.41, 5.74) is 18.1. The molecule has 0 radical (unpaired) electrons. The standard InChI is InChI=1S/C54H47N/c1-52(2,3)36-25-27-37(28-26-36)55(38-29-31-47-45(33-38)43-30-23-35-16-9-11-18-40(35)50(43)54(47,6)7)48-32-24-34-15-8-10-17-39(34)49(48)44-21-14-20-42-41-19-12-13-22-46(41)53(4,5)51(42)44/h8-33H,1-7H3. The summed E-state index contributed by atoms with van der Waals surface area (Å²) in [4.78, 5) is 2.52. The minimum atomic E-state index is -0.165. The lowest BCUT2D eigenvalue weighted by Crippen LogP contribution is -2.18. The number of nitrogens with zero attached hydrogens (tertiary/aromatic N) is 1. The summed E-state index contributed by atoms with van der Waals surface area (Å²) in [6, 6.07) is 59.6. The van der Waals surface area contributed by atoms with Crippen molar-refractivity contribution in [2.24, 2.45) is 0 Å². The lowest BCUT2D eigenvalue weighted by Gasteiger charge is -2.32. The van der Waals surface area contributed by atoms with E-state index in [-0.39, 0.29) is 16.2 Å². The monoisotopic (exact) mass is 709 g/mol. The van der Waals surface area contributed by atoms with Crippen LogP contribution in [0.1, 0.15) is 76.3 Å². The molecule has 8 aromatic carbocycles. The molecule has 10 rings (SSSR count). The van der Waals surface area contributed by atoms with Crippen LogP contribution in [0.15, 0.2) is 158 Å². The zero-order chi connectivity index (χ0) is 37.9. The summed E-state index contributed by atoms with van der Waals surface area (Å²) in [5, 5.41) is 5.14. The van der Waals surface area contributed by atoms with E-state index in [1.165, 1.54) is 88.4 Å². The van der Waals surface area contributed by atoms with Crippen LogP contribution in [0.5, 0.6) is 0 Å².